The lowest BCUT2D eigenvalue weighted by molar-refractivity contribution is -0.137. The lowest BCUT2D eigenvalue weighted by Crippen LogP contribution is -2.47. The van der Waals surface area contributed by atoms with Crippen LogP contribution in [0, 0.1) is 0 Å². The number of piperazine rings is 1. The number of benzene rings is 3. The molecule has 0 spiro atoms. The number of amides is 1. The van der Waals surface area contributed by atoms with Crippen molar-refractivity contribution in [3.05, 3.63) is 96.6 Å². The van der Waals surface area contributed by atoms with Crippen LogP contribution in [0.15, 0.2) is 85.5 Å². The highest BCUT2D eigenvalue weighted by molar-refractivity contribution is 6.04. The third kappa shape index (κ3) is 5.84. The Hall–Kier alpha value is -4.93. The summed E-state index contributed by atoms with van der Waals surface area (Å²) in [7, 11) is 0. The van der Waals surface area contributed by atoms with E-state index in [9.17, 15) is 18.0 Å². The van der Waals surface area contributed by atoms with Gasteiger partial charge in [-0.1, -0.05) is 25.6 Å². The second-order valence-electron chi connectivity index (χ2n) is 9.47. The van der Waals surface area contributed by atoms with E-state index in [1.165, 1.54) is 12.1 Å². The van der Waals surface area contributed by atoms with E-state index in [-0.39, 0.29) is 13.0 Å². The van der Waals surface area contributed by atoms with Gasteiger partial charge in [0.25, 0.3) is 5.91 Å². The van der Waals surface area contributed by atoms with Crippen LogP contribution in [0.1, 0.15) is 23.3 Å². The van der Waals surface area contributed by atoms with Crippen molar-refractivity contribution in [1.82, 2.24) is 20.2 Å². The Bertz CT molecular complexity index is 1660. The number of nitrogens with one attached hydrogen (secondary N) is 2. The number of hydrogen-bond donors (Lipinski definition) is 2. The Kier molecular flexibility index (Phi) is 7.60. The largest absolute Gasteiger partial charge is 0.416 e. The number of aromatic nitrogens is 4. The van der Waals surface area contributed by atoms with E-state index in [1.54, 1.807) is 18.6 Å². The Balaban J connectivity index is 0.00000337. The molecule has 1 fully saturated rings. The van der Waals surface area contributed by atoms with Gasteiger partial charge >= 0.3 is 6.18 Å². The van der Waals surface area contributed by atoms with Crippen LogP contribution in [0.2, 0.25) is 0 Å². The number of hydrogen-bond acceptors (Lipinski definition) is 6. The molecular formula is C30H28F3N7O. The quantitative estimate of drug-likeness (QED) is 0.265. The number of halogens is 3. The summed E-state index contributed by atoms with van der Waals surface area (Å²) in [5, 5.41) is 10.6. The van der Waals surface area contributed by atoms with E-state index in [4.69, 9.17) is 0 Å². The molecule has 0 atom stereocenters. The van der Waals surface area contributed by atoms with Crippen molar-refractivity contribution in [1.29, 1.82) is 0 Å². The number of aromatic amines is 1. The monoisotopic (exact) mass is 559 g/mol. The third-order valence-electron chi connectivity index (χ3n) is 6.95. The van der Waals surface area contributed by atoms with Crippen LogP contribution >= 0.6 is 0 Å². The summed E-state index contributed by atoms with van der Waals surface area (Å²) in [5.74, 6) is 0.274. The molecule has 1 aliphatic heterocycles. The Morgan fingerprint density at radius 1 is 0.878 bits per heavy atom. The fourth-order valence-electron chi connectivity index (χ4n) is 4.88. The normalized spacial score (nSPS) is 13.6. The van der Waals surface area contributed by atoms with Crippen molar-refractivity contribution in [3.63, 3.8) is 0 Å². The standard InChI is InChI=1S/C29H24F3N7O.CH4/c30-29(31,32)22-4-1-3-20(13-22)28(40)37-23-5-2-6-24(15-23)38-9-11-39(12-10-38)27-25-14-19(21-16-35-36-17-21)7-8-26(25)33-18-34-27;/h1-8,13-18H,9-12H2,(H,35,36)(H,37,40);1H4. The minimum atomic E-state index is -4.52. The number of rotatable bonds is 5. The molecule has 8 nitrogen and oxygen atoms in total. The maximum Gasteiger partial charge on any atom is 0.416 e. The van der Waals surface area contributed by atoms with Crippen LogP contribution in [0.4, 0.5) is 30.4 Å². The zero-order valence-corrected chi connectivity index (χ0v) is 21.2. The van der Waals surface area contributed by atoms with Gasteiger partial charge in [-0.25, -0.2) is 9.97 Å². The number of anilines is 3. The van der Waals surface area contributed by atoms with E-state index < -0.39 is 17.6 Å². The van der Waals surface area contributed by atoms with Crippen LogP contribution in [-0.2, 0) is 6.18 Å². The molecular weight excluding hydrogens is 531 g/mol. The zero-order valence-electron chi connectivity index (χ0n) is 21.2. The van der Waals surface area contributed by atoms with Gasteiger partial charge in [-0.05, 0) is 54.1 Å². The molecule has 0 bridgehead atoms. The van der Waals surface area contributed by atoms with Crippen LogP contribution < -0.4 is 15.1 Å². The van der Waals surface area contributed by atoms with Gasteiger partial charge < -0.3 is 15.1 Å². The molecule has 0 aliphatic carbocycles. The summed E-state index contributed by atoms with van der Waals surface area (Å²) < 4.78 is 39.2. The summed E-state index contributed by atoms with van der Waals surface area (Å²) in [6, 6.07) is 17.8. The molecule has 2 N–H and O–H groups in total. The molecule has 3 heterocycles. The van der Waals surface area contributed by atoms with Crippen molar-refractivity contribution in [3.8, 4) is 11.1 Å². The van der Waals surface area contributed by atoms with Crippen molar-refractivity contribution in [2.24, 2.45) is 0 Å². The molecule has 6 rings (SSSR count). The number of H-pyrrole nitrogens is 1. The smallest absolute Gasteiger partial charge is 0.368 e. The molecule has 11 heteroatoms. The van der Waals surface area contributed by atoms with E-state index in [1.807, 2.05) is 36.5 Å². The molecule has 1 saturated heterocycles. The molecule has 0 radical (unpaired) electrons. The number of nitrogens with zero attached hydrogens (tertiary/aromatic N) is 5. The van der Waals surface area contributed by atoms with Crippen molar-refractivity contribution in [2.75, 3.05) is 41.3 Å². The topological polar surface area (TPSA) is 90.0 Å². The average Bonchev–Trinajstić information content (AvgIpc) is 3.52. The molecule has 1 amide bonds. The van der Waals surface area contributed by atoms with Crippen LogP contribution in [0.25, 0.3) is 22.0 Å². The second-order valence-corrected chi connectivity index (χ2v) is 9.47. The molecule has 2 aromatic heterocycles. The Morgan fingerprint density at radius 3 is 2.41 bits per heavy atom. The van der Waals surface area contributed by atoms with E-state index in [0.29, 0.717) is 5.69 Å². The minimum absolute atomic E-state index is 0. The highest BCUT2D eigenvalue weighted by Crippen LogP contribution is 2.31. The summed E-state index contributed by atoms with van der Waals surface area (Å²) in [6.45, 7) is 2.89. The lowest BCUT2D eigenvalue weighted by atomic mass is 10.1. The summed E-state index contributed by atoms with van der Waals surface area (Å²) >= 11 is 0. The average molecular weight is 560 g/mol. The first-order chi connectivity index (χ1) is 19.3. The van der Waals surface area contributed by atoms with Crippen molar-refractivity contribution in [2.45, 2.75) is 13.6 Å². The van der Waals surface area contributed by atoms with Crippen molar-refractivity contribution >= 4 is 34.0 Å². The van der Waals surface area contributed by atoms with Gasteiger partial charge in [-0.15, -0.1) is 0 Å². The molecule has 5 aromatic rings. The first-order valence-electron chi connectivity index (χ1n) is 12.7. The van der Waals surface area contributed by atoms with Gasteiger partial charge in [0.2, 0.25) is 0 Å². The predicted octanol–water partition coefficient (Wildman–Crippen LogP) is 6.25. The van der Waals surface area contributed by atoms with Crippen LogP contribution in [-0.4, -0.2) is 52.3 Å². The Labute approximate surface area is 234 Å². The van der Waals surface area contributed by atoms with Gasteiger partial charge in [-0.2, -0.15) is 18.3 Å². The molecule has 0 unspecified atom stereocenters. The molecule has 0 saturated carbocycles. The summed E-state index contributed by atoms with van der Waals surface area (Å²) in [5.41, 5.74) is 3.39. The van der Waals surface area contributed by atoms with Crippen LogP contribution in [0.3, 0.4) is 0 Å². The highest BCUT2D eigenvalue weighted by atomic mass is 19.4. The fraction of sp³-hybridized carbons (Fsp3) is 0.200. The molecule has 3 aromatic carbocycles. The van der Waals surface area contributed by atoms with E-state index >= 15 is 0 Å². The van der Waals surface area contributed by atoms with Gasteiger partial charge in [0.15, 0.2) is 0 Å². The highest BCUT2D eigenvalue weighted by Gasteiger charge is 2.31. The SMILES string of the molecule is C.O=C(Nc1cccc(N2CCN(c3ncnc4ccc(-c5cn[nH]c5)cc34)CC2)c1)c1cccc(C(F)(F)F)c1. The first-order valence-corrected chi connectivity index (χ1v) is 12.7. The number of alkyl halides is 3. The molecule has 41 heavy (non-hydrogen) atoms. The van der Waals surface area contributed by atoms with Gasteiger partial charge in [-0.3, -0.25) is 9.89 Å². The Morgan fingerprint density at radius 2 is 1.66 bits per heavy atom. The first kappa shape index (κ1) is 27.6. The van der Waals surface area contributed by atoms with E-state index in [2.05, 4.69) is 41.3 Å². The molecule has 210 valence electrons. The second kappa shape index (κ2) is 11.3. The predicted molar refractivity (Wildman–Crippen MR) is 154 cm³/mol. The maximum absolute atomic E-state index is 13.1. The van der Waals surface area contributed by atoms with Gasteiger partial charge in [0.1, 0.15) is 12.1 Å². The van der Waals surface area contributed by atoms with Gasteiger partial charge in [0, 0.05) is 60.3 Å². The lowest BCUT2D eigenvalue weighted by Gasteiger charge is -2.37. The van der Waals surface area contributed by atoms with Gasteiger partial charge in [0.05, 0.1) is 17.3 Å². The van der Waals surface area contributed by atoms with Crippen LogP contribution in [0.5, 0.6) is 0 Å². The number of carbonyl (C=O) groups is 1. The maximum atomic E-state index is 13.1. The minimum Gasteiger partial charge on any atom is -0.368 e. The molecule has 1 aliphatic rings. The zero-order chi connectivity index (χ0) is 27.7. The summed E-state index contributed by atoms with van der Waals surface area (Å²) in [6.07, 6.45) is 0.690. The number of fused-ring (bicyclic) bond motifs is 1. The van der Waals surface area contributed by atoms with Crippen molar-refractivity contribution < 1.29 is 18.0 Å². The van der Waals surface area contributed by atoms with E-state index in [0.717, 1.165) is 71.8 Å². The third-order valence-corrected chi connectivity index (χ3v) is 6.95. The fourth-order valence-corrected chi connectivity index (χ4v) is 4.88. The summed E-state index contributed by atoms with van der Waals surface area (Å²) in [4.78, 5) is 26.1. The number of carbonyl (C=O) groups excluding carboxylic acids is 1.